The van der Waals surface area contributed by atoms with E-state index in [0.29, 0.717) is 0 Å². The van der Waals surface area contributed by atoms with E-state index in [9.17, 15) is 0 Å². The van der Waals surface area contributed by atoms with Crippen molar-refractivity contribution in [2.45, 2.75) is 0 Å². The molecule has 0 aliphatic carbocycles. The number of nitrogens with zero attached hydrogens (tertiary/aromatic N) is 2. The highest BCUT2D eigenvalue weighted by atomic mass is 32.2. The van der Waals surface area contributed by atoms with E-state index in [4.69, 9.17) is 0 Å². The van der Waals surface area contributed by atoms with Gasteiger partial charge in [0.2, 0.25) is 0 Å². The third-order valence-electron chi connectivity index (χ3n) is 0.509. The molecule has 33 valence electrons. The molecular weight excluding hydrogens is 96.1 g/mol. The molecule has 1 aliphatic rings. The van der Waals surface area contributed by atoms with Crippen LogP contribution in [-0.4, -0.2) is 16.4 Å². The Labute approximate surface area is 41.3 Å². The zero-order valence-corrected chi connectivity index (χ0v) is 4.11. The number of hydrogen-bond donors (Lipinski definition) is 0. The predicted octanol–water partition coefficient (Wildman–Crippen LogP) is 0.728. The minimum atomic E-state index is 0.976. The van der Waals surface area contributed by atoms with Crippen molar-refractivity contribution >= 4 is 18.2 Å². The van der Waals surface area contributed by atoms with E-state index in [1.807, 2.05) is 6.21 Å². The molecule has 1 heterocycles. The average Bonchev–Trinajstić information content (AvgIpc) is 1.86. The summed E-state index contributed by atoms with van der Waals surface area (Å²) in [6.45, 7) is 0. The highest BCUT2D eigenvalue weighted by Gasteiger charge is 1.96. The van der Waals surface area contributed by atoms with Crippen LogP contribution >= 0.6 is 11.9 Å². The summed E-state index contributed by atoms with van der Waals surface area (Å²) in [7, 11) is 3.54. The van der Waals surface area contributed by atoms with Crippen molar-refractivity contribution in [2.24, 2.45) is 5.10 Å². The molecule has 3 heteroatoms. The summed E-state index contributed by atoms with van der Waals surface area (Å²) in [6.07, 6.45) is 1.83. The van der Waals surface area contributed by atoms with Crippen LogP contribution in [0.15, 0.2) is 5.10 Å². The van der Waals surface area contributed by atoms with Crippen LogP contribution < -0.4 is 0 Å². The summed E-state index contributed by atoms with van der Waals surface area (Å²) >= 11 is 1.60. The van der Waals surface area contributed by atoms with Gasteiger partial charge in [-0.05, 0) is 11.9 Å². The van der Waals surface area contributed by atoms with Crippen LogP contribution in [0.2, 0.25) is 0 Å². The SMILES string of the molecule is [CH2]N1N=CCS1. The topological polar surface area (TPSA) is 15.6 Å². The van der Waals surface area contributed by atoms with Gasteiger partial charge in [0.1, 0.15) is 0 Å². The van der Waals surface area contributed by atoms with E-state index >= 15 is 0 Å². The van der Waals surface area contributed by atoms with Gasteiger partial charge in [0, 0.05) is 6.21 Å². The molecule has 1 radical (unpaired) electrons. The van der Waals surface area contributed by atoms with Gasteiger partial charge < -0.3 is 0 Å². The van der Waals surface area contributed by atoms with Crippen molar-refractivity contribution in [3.05, 3.63) is 7.05 Å². The molecule has 1 rings (SSSR count). The number of rotatable bonds is 0. The second-order valence-electron chi connectivity index (χ2n) is 0.946. The fourth-order valence-corrected chi connectivity index (χ4v) is 0.716. The van der Waals surface area contributed by atoms with Gasteiger partial charge in [-0.3, -0.25) is 0 Å². The average molecular weight is 101 g/mol. The normalized spacial score (nSPS) is 19.8. The molecule has 0 fully saturated rings. The Morgan fingerprint density at radius 3 is 3.00 bits per heavy atom. The molecule has 0 amide bonds. The molecule has 0 N–H and O–H groups in total. The Bertz CT molecular complexity index is 71.2. The van der Waals surface area contributed by atoms with Crippen molar-refractivity contribution in [3.63, 3.8) is 0 Å². The first-order valence-electron chi connectivity index (χ1n) is 1.65. The summed E-state index contributed by atoms with van der Waals surface area (Å²) in [6, 6.07) is 0. The Kier molecular flexibility index (Phi) is 1.01. The first-order chi connectivity index (χ1) is 2.89. The lowest BCUT2D eigenvalue weighted by atomic mass is 10.9. The van der Waals surface area contributed by atoms with Gasteiger partial charge in [-0.2, -0.15) is 5.10 Å². The molecule has 6 heavy (non-hydrogen) atoms. The molecule has 0 aromatic carbocycles. The van der Waals surface area contributed by atoms with E-state index in [1.54, 1.807) is 16.4 Å². The van der Waals surface area contributed by atoms with E-state index in [1.165, 1.54) is 0 Å². The van der Waals surface area contributed by atoms with Gasteiger partial charge in [-0.15, -0.1) is 0 Å². The monoisotopic (exact) mass is 101 g/mol. The molecule has 0 bridgehead atoms. The van der Waals surface area contributed by atoms with Crippen LogP contribution in [0.25, 0.3) is 0 Å². The molecule has 0 aromatic heterocycles. The van der Waals surface area contributed by atoms with Crippen LogP contribution in [0, 0.1) is 7.05 Å². The molecule has 0 atom stereocenters. The predicted molar refractivity (Wildman–Crippen MR) is 28.1 cm³/mol. The van der Waals surface area contributed by atoms with E-state index in [2.05, 4.69) is 12.1 Å². The Morgan fingerprint density at radius 1 is 2.00 bits per heavy atom. The fourth-order valence-electron chi connectivity index (χ4n) is 0.277. The lowest BCUT2D eigenvalue weighted by Gasteiger charge is -1.97. The zero-order chi connectivity index (χ0) is 4.41. The van der Waals surface area contributed by atoms with Gasteiger partial charge in [0.15, 0.2) is 0 Å². The van der Waals surface area contributed by atoms with Crippen LogP contribution in [0.4, 0.5) is 0 Å². The van der Waals surface area contributed by atoms with Crippen molar-refractivity contribution in [3.8, 4) is 0 Å². The summed E-state index contributed by atoms with van der Waals surface area (Å²) < 4.78 is 1.60. The van der Waals surface area contributed by atoms with Gasteiger partial charge >= 0.3 is 0 Å². The minimum absolute atomic E-state index is 0.976. The lowest BCUT2D eigenvalue weighted by Crippen LogP contribution is -1.85. The fraction of sp³-hybridized carbons (Fsp3) is 0.333. The van der Waals surface area contributed by atoms with E-state index in [0.717, 1.165) is 5.75 Å². The van der Waals surface area contributed by atoms with Crippen LogP contribution in [0.5, 0.6) is 0 Å². The van der Waals surface area contributed by atoms with Crippen LogP contribution in [-0.2, 0) is 0 Å². The molecule has 1 aliphatic heterocycles. The molecule has 0 unspecified atom stereocenters. The van der Waals surface area contributed by atoms with Gasteiger partial charge in [-0.25, -0.2) is 4.41 Å². The standard InChI is InChI=1S/C3H5N2S/c1-5-4-2-3-6-5/h2H,1,3H2. The van der Waals surface area contributed by atoms with Crippen molar-refractivity contribution < 1.29 is 0 Å². The second-order valence-corrected chi connectivity index (χ2v) is 1.96. The molecule has 0 spiro atoms. The number of hydrazone groups is 1. The zero-order valence-electron chi connectivity index (χ0n) is 3.29. The molecule has 2 nitrogen and oxygen atoms in total. The quantitative estimate of drug-likeness (QED) is 0.418. The largest absolute Gasteiger partial charge is 0.237 e. The van der Waals surface area contributed by atoms with Crippen LogP contribution in [0.3, 0.4) is 0 Å². The van der Waals surface area contributed by atoms with Crippen molar-refractivity contribution in [1.29, 1.82) is 0 Å². The lowest BCUT2D eigenvalue weighted by molar-refractivity contribution is 0.687. The maximum absolute atomic E-state index is 3.80. The highest BCUT2D eigenvalue weighted by molar-refractivity contribution is 7.97. The first kappa shape index (κ1) is 3.99. The molecular formula is C3H5N2S. The minimum Gasteiger partial charge on any atom is -0.237 e. The highest BCUT2D eigenvalue weighted by Crippen LogP contribution is 2.10. The molecule has 0 saturated heterocycles. The van der Waals surface area contributed by atoms with Gasteiger partial charge in [0.25, 0.3) is 0 Å². The van der Waals surface area contributed by atoms with Crippen molar-refractivity contribution in [1.82, 2.24) is 4.41 Å². The Hall–Kier alpha value is -0.180. The second kappa shape index (κ2) is 1.51. The van der Waals surface area contributed by atoms with Crippen LogP contribution in [0.1, 0.15) is 0 Å². The molecule has 0 aromatic rings. The Morgan fingerprint density at radius 2 is 2.83 bits per heavy atom. The summed E-state index contributed by atoms with van der Waals surface area (Å²) in [5, 5.41) is 3.80. The summed E-state index contributed by atoms with van der Waals surface area (Å²) in [5.41, 5.74) is 0. The van der Waals surface area contributed by atoms with Crippen molar-refractivity contribution in [2.75, 3.05) is 5.75 Å². The third-order valence-corrected chi connectivity index (χ3v) is 1.20. The number of hydrogen-bond acceptors (Lipinski definition) is 3. The summed E-state index contributed by atoms with van der Waals surface area (Å²) in [4.78, 5) is 0. The van der Waals surface area contributed by atoms with Gasteiger partial charge in [0.05, 0.1) is 12.8 Å². The third kappa shape index (κ3) is 0.653. The maximum Gasteiger partial charge on any atom is 0.0685 e. The van der Waals surface area contributed by atoms with E-state index < -0.39 is 0 Å². The Balaban J connectivity index is 2.38. The summed E-state index contributed by atoms with van der Waals surface area (Å²) in [5.74, 6) is 0.976. The molecule has 0 saturated carbocycles. The smallest absolute Gasteiger partial charge is 0.0685 e. The maximum atomic E-state index is 3.80. The first-order valence-corrected chi connectivity index (χ1v) is 2.60. The van der Waals surface area contributed by atoms with Gasteiger partial charge in [-0.1, -0.05) is 0 Å². The van der Waals surface area contributed by atoms with E-state index in [-0.39, 0.29) is 0 Å².